The summed E-state index contributed by atoms with van der Waals surface area (Å²) in [6.45, 7) is 8.06. The van der Waals surface area contributed by atoms with Crippen molar-refractivity contribution in [2.75, 3.05) is 25.4 Å². The van der Waals surface area contributed by atoms with Gasteiger partial charge in [-0.2, -0.15) is 0 Å². The third-order valence-corrected chi connectivity index (χ3v) is 4.94. The molecule has 2 aliphatic rings. The van der Waals surface area contributed by atoms with E-state index in [1.54, 1.807) is 27.7 Å². The lowest BCUT2D eigenvalue weighted by Crippen LogP contribution is -2.66. The van der Waals surface area contributed by atoms with Gasteiger partial charge < -0.3 is 14.4 Å². The Bertz CT molecular complexity index is 464. The van der Waals surface area contributed by atoms with Crippen LogP contribution < -0.4 is 0 Å². The van der Waals surface area contributed by atoms with Gasteiger partial charge in [-0.15, -0.1) is 11.8 Å². The third kappa shape index (κ3) is 3.17. The average Bonchev–Trinajstić information content (AvgIpc) is 2.62. The number of amides is 1. The molecule has 2 aliphatic heterocycles. The summed E-state index contributed by atoms with van der Waals surface area (Å²) in [5.74, 6) is -1.05. The number of Topliss-reactive ketones (excluding diaryl/α,β-unsaturated/α-hetero) is 1. The van der Waals surface area contributed by atoms with E-state index in [0.717, 1.165) is 0 Å². The SMILES string of the molecule is CCOC(=O)[C@@H]1C(=O)CSC12CN(C(=O)OC(C)(C)C)C2. The van der Waals surface area contributed by atoms with Crippen LogP contribution in [-0.2, 0) is 19.1 Å². The quantitative estimate of drug-likeness (QED) is 0.567. The second kappa shape index (κ2) is 5.51. The Labute approximate surface area is 128 Å². The van der Waals surface area contributed by atoms with Crippen molar-refractivity contribution in [1.29, 1.82) is 0 Å². The average molecular weight is 315 g/mol. The van der Waals surface area contributed by atoms with Gasteiger partial charge in [-0.1, -0.05) is 0 Å². The number of ether oxygens (including phenoxy) is 2. The highest BCUT2D eigenvalue weighted by molar-refractivity contribution is 8.02. The van der Waals surface area contributed by atoms with Crippen LogP contribution in [0.3, 0.4) is 0 Å². The molecule has 0 N–H and O–H groups in total. The van der Waals surface area contributed by atoms with E-state index < -0.39 is 28.3 Å². The number of carbonyl (C=O) groups is 3. The van der Waals surface area contributed by atoms with E-state index in [4.69, 9.17) is 9.47 Å². The molecule has 2 saturated heterocycles. The summed E-state index contributed by atoms with van der Waals surface area (Å²) < 4.78 is 9.76. The van der Waals surface area contributed by atoms with Crippen molar-refractivity contribution in [3.05, 3.63) is 0 Å². The monoisotopic (exact) mass is 315 g/mol. The number of hydrogen-bond acceptors (Lipinski definition) is 6. The Morgan fingerprint density at radius 3 is 2.52 bits per heavy atom. The van der Waals surface area contributed by atoms with Gasteiger partial charge in [0.05, 0.1) is 17.1 Å². The Balaban J connectivity index is 2.01. The van der Waals surface area contributed by atoms with E-state index in [1.165, 1.54) is 16.7 Å². The van der Waals surface area contributed by atoms with Crippen LogP contribution in [0.5, 0.6) is 0 Å². The highest BCUT2D eigenvalue weighted by Crippen LogP contribution is 2.48. The fraction of sp³-hybridized carbons (Fsp3) is 0.786. The molecule has 1 atom stereocenters. The highest BCUT2D eigenvalue weighted by Gasteiger charge is 2.61. The van der Waals surface area contributed by atoms with Crippen molar-refractivity contribution in [3.63, 3.8) is 0 Å². The van der Waals surface area contributed by atoms with Gasteiger partial charge in [-0.05, 0) is 27.7 Å². The van der Waals surface area contributed by atoms with Crippen LogP contribution in [0.2, 0.25) is 0 Å². The van der Waals surface area contributed by atoms with Crippen LogP contribution >= 0.6 is 11.8 Å². The highest BCUT2D eigenvalue weighted by atomic mass is 32.2. The summed E-state index contributed by atoms with van der Waals surface area (Å²) >= 11 is 1.44. The lowest BCUT2D eigenvalue weighted by Gasteiger charge is -2.48. The third-order valence-electron chi connectivity index (χ3n) is 3.44. The van der Waals surface area contributed by atoms with Crippen molar-refractivity contribution in [1.82, 2.24) is 4.90 Å². The fourth-order valence-electron chi connectivity index (χ4n) is 2.58. The number of rotatable bonds is 2. The van der Waals surface area contributed by atoms with Gasteiger partial charge in [0.15, 0.2) is 5.78 Å². The number of nitrogens with zero attached hydrogens (tertiary/aromatic N) is 1. The van der Waals surface area contributed by atoms with Gasteiger partial charge in [-0.25, -0.2) is 4.79 Å². The van der Waals surface area contributed by atoms with Crippen LogP contribution in [0, 0.1) is 5.92 Å². The van der Waals surface area contributed by atoms with Crippen molar-refractivity contribution < 1.29 is 23.9 Å². The smallest absolute Gasteiger partial charge is 0.410 e. The van der Waals surface area contributed by atoms with Crippen LogP contribution in [0.25, 0.3) is 0 Å². The minimum absolute atomic E-state index is 0.109. The molecule has 0 aromatic carbocycles. The van der Waals surface area contributed by atoms with Crippen LogP contribution in [0.4, 0.5) is 4.79 Å². The van der Waals surface area contributed by atoms with Crippen LogP contribution in [0.1, 0.15) is 27.7 Å². The van der Waals surface area contributed by atoms with Crippen molar-refractivity contribution >= 4 is 29.6 Å². The van der Waals surface area contributed by atoms with E-state index in [-0.39, 0.29) is 12.4 Å². The van der Waals surface area contributed by atoms with E-state index in [9.17, 15) is 14.4 Å². The molecule has 0 saturated carbocycles. The molecule has 1 spiro atoms. The maximum atomic E-state index is 12.0. The first-order valence-corrected chi connectivity index (χ1v) is 7.98. The van der Waals surface area contributed by atoms with Gasteiger partial charge in [0.2, 0.25) is 0 Å². The molecule has 7 heteroatoms. The maximum absolute atomic E-state index is 12.0. The number of likely N-dealkylation sites (tertiary alicyclic amines) is 1. The van der Waals surface area contributed by atoms with Gasteiger partial charge in [0, 0.05) is 13.1 Å². The largest absolute Gasteiger partial charge is 0.465 e. The summed E-state index contributed by atoms with van der Waals surface area (Å²) in [7, 11) is 0. The molecule has 0 aromatic rings. The molecule has 118 valence electrons. The normalized spacial score (nSPS) is 23.9. The molecular formula is C14H21NO5S. The Morgan fingerprint density at radius 1 is 1.38 bits per heavy atom. The maximum Gasteiger partial charge on any atom is 0.410 e. The predicted octanol–water partition coefficient (Wildman–Crippen LogP) is 1.47. The molecule has 2 fully saturated rings. The summed E-state index contributed by atoms with van der Waals surface area (Å²) in [6, 6.07) is 0. The van der Waals surface area contributed by atoms with Gasteiger partial charge in [0.25, 0.3) is 0 Å². The zero-order valence-electron chi connectivity index (χ0n) is 12.8. The van der Waals surface area contributed by atoms with Gasteiger partial charge >= 0.3 is 12.1 Å². The lowest BCUT2D eigenvalue weighted by molar-refractivity contribution is -0.154. The molecule has 0 aromatic heterocycles. The first-order chi connectivity index (χ1) is 9.68. The fourth-order valence-corrected chi connectivity index (χ4v) is 4.06. The second-order valence-corrected chi connectivity index (χ2v) is 7.73. The summed E-state index contributed by atoms with van der Waals surface area (Å²) in [6.07, 6.45) is -0.407. The molecular weight excluding hydrogens is 294 g/mol. The number of thioether (sulfide) groups is 1. The molecule has 6 nitrogen and oxygen atoms in total. The standard InChI is InChI=1S/C14H21NO5S/c1-5-19-11(17)10-9(16)6-21-14(10)7-15(8-14)12(18)20-13(2,3)4/h10H,5-8H2,1-4H3/t10-/m0/s1. The molecule has 0 bridgehead atoms. The molecule has 0 aliphatic carbocycles. The van der Waals surface area contributed by atoms with Gasteiger partial charge in [0.1, 0.15) is 11.5 Å². The molecule has 21 heavy (non-hydrogen) atoms. The van der Waals surface area contributed by atoms with E-state index in [0.29, 0.717) is 18.8 Å². The van der Waals surface area contributed by atoms with E-state index >= 15 is 0 Å². The Kier molecular flexibility index (Phi) is 4.24. The Morgan fingerprint density at radius 2 is 2.00 bits per heavy atom. The van der Waals surface area contributed by atoms with Crippen molar-refractivity contribution in [2.24, 2.45) is 5.92 Å². The predicted molar refractivity (Wildman–Crippen MR) is 78.1 cm³/mol. The zero-order chi connectivity index (χ0) is 15.8. The van der Waals surface area contributed by atoms with Gasteiger partial charge in [-0.3, -0.25) is 9.59 Å². The minimum atomic E-state index is -0.763. The number of carbonyl (C=O) groups excluding carboxylic acids is 3. The minimum Gasteiger partial charge on any atom is -0.465 e. The summed E-state index contributed by atoms with van der Waals surface area (Å²) in [5.41, 5.74) is -0.557. The number of esters is 1. The summed E-state index contributed by atoms with van der Waals surface area (Å²) in [4.78, 5) is 37.4. The topological polar surface area (TPSA) is 72.9 Å². The molecule has 1 amide bonds. The number of ketones is 1. The molecule has 0 radical (unpaired) electrons. The molecule has 2 rings (SSSR count). The van der Waals surface area contributed by atoms with E-state index in [2.05, 4.69) is 0 Å². The zero-order valence-corrected chi connectivity index (χ0v) is 13.6. The number of hydrogen-bond donors (Lipinski definition) is 0. The molecule has 0 unspecified atom stereocenters. The summed E-state index contributed by atoms with van der Waals surface area (Å²) in [5, 5.41) is 0. The Hall–Kier alpha value is -1.24. The second-order valence-electron chi connectivity index (χ2n) is 6.34. The van der Waals surface area contributed by atoms with Crippen LogP contribution in [0.15, 0.2) is 0 Å². The van der Waals surface area contributed by atoms with Crippen molar-refractivity contribution in [2.45, 2.75) is 38.0 Å². The molecule has 2 heterocycles. The van der Waals surface area contributed by atoms with E-state index in [1.807, 2.05) is 0 Å². The first kappa shape index (κ1) is 16.1. The first-order valence-electron chi connectivity index (χ1n) is 7.00. The lowest BCUT2D eigenvalue weighted by atomic mass is 9.83. The van der Waals surface area contributed by atoms with Crippen LogP contribution in [-0.4, -0.2) is 58.5 Å². The van der Waals surface area contributed by atoms with Crippen molar-refractivity contribution in [3.8, 4) is 0 Å².